The molecule has 5 aliphatic carbocycles. The van der Waals surface area contributed by atoms with Crippen molar-refractivity contribution in [2.45, 2.75) is 98.8 Å². The Balaban J connectivity index is 1.57. The minimum absolute atomic E-state index is 0.0273. The Morgan fingerprint density at radius 2 is 1.69 bits per heavy atom. The molecule has 5 fully saturated rings. The molecule has 0 bridgehead atoms. The molecule has 0 amide bonds. The van der Waals surface area contributed by atoms with E-state index in [4.69, 9.17) is 0 Å². The predicted molar refractivity (Wildman–Crippen MR) is 137 cm³/mol. The first-order valence-corrected chi connectivity index (χ1v) is 14.1. The highest BCUT2D eigenvalue weighted by Gasteiger charge is 2.72. The Labute approximate surface area is 211 Å². The van der Waals surface area contributed by atoms with Gasteiger partial charge in [0.1, 0.15) is 0 Å². The molecule has 5 heteroatoms. The van der Waals surface area contributed by atoms with Gasteiger partial charge in [0.05, 0.1) is 17.7 Å². The largest absolute Gasteiger partial charge is 0.481 e. The van der Waals surface area contributed by atoms with Gasteiger partial charge >= 0.3 is 5.97 Å². The third-order valence-corrected chi connectivity index (χ3v) is 13.5. The Morgan fingerprint density at radius 1 is 0.971 bits per heavy atom. The molecule has 3 N–H and O–H groups in total. The number of hydrogen-bond acceptors (Lipinski definition) is 4. The van der Waals surface area contributed by atoms with E-state index in [0.29, 0.717) is 23.7 Å². The van der Waals surface area contributed by atoms with E-state index in [1.165, 1.54) is 5.57 Å². The lowest BCUT2D eigenvalue weighted by molar-refractivity contribution is -0.232. The summed E-state index contributed by atoms with van der Waals surface area (Å²) < 4.78 is 0. The molecule has 5 saturated carbocycles. The fourth-order valence-corrected chi connectivity index (χ4v) is 11.5. The molecular formula is C30H47NO4. The molecule has 0 heterocycles. The quantitative estimate of drug-likeness (QED) is 0.241. The Kier molecular flexibility index (Phi) is 5.65. The highest BCUT2D eigenvalue weighted by molar-refractivity contribution is 5.91. The van der Waals surface area contributed by atoms with E-state index in [0.717, 1.165) is 69.9 Å². The van der Waals surface area contributed by atoms with Gasteiger partial charge in [0.15, 0.2) is 0 Å². The van der Waals surface area contributed by atoms with Crippen molar-refractivity contribution in [3.8, 4) is 0 Å². The summed E-state index contributed by atoms with van der Waals surface area (Å²) in [6.07, 6.45) is 9.67. The highest BCUT2D eigenvalue weighted by Crippen LogP contribution is 2.77. The first kappa shape index (κ1) is 25.3. The third kappa shape index (κ3) is 2.91. The average Bonchev–Trinajstić information content (AvgIpc) is 3.21. The summed E-state index contributed by atoms with van der Waals surface area (Å²) in [6, 6.07) is 0. The SMILES string of the molecule is C=C(C)[C@@H]1CC[C@]2(C(=O)O)CC[C@]3(C)[C@H](CC[C@@H]4[C@@]5(C)CC/C(=N/O)[C@](C)(CO)[C@@H]5CC[C@]43C)[C@@H]12. The second-order valence-electron chi connectivity index (χ2n) is 14.3. The van der Waals surface area contributed by atoms with Gasteiger partial charge in [0.2, 0.25) is 0 Å². The zero-order chi connectivity index (χ0) is 25.6. The molecule has 0 aliphatic heterocycles. The first-order chi connectivity index (χ1) is 16.4. The Hall–Kier alpha value is -1.36. The minimum atomic E-state index is -0.578. The second-order valence-corrected chi connectivity index (χ2v) is 14.3. The molecule has 5 rings (SSSR count). The fourth-order valence-electron chi connectivity index (χ4n) is 11.5. The van der Waals surface area contributed by atoms with Crippen molar-refractivity contribution in [3.63, 3.8) is 0 Å². The number of aliphatic hydroxyl groups is 1. The van der Waals surface area contributed by atoms with Crippen molar-refractivity contribution in [2.75, 3.05) is 6.61 Å². The van der Waals surface area contributed by atoms with Crippen LogP contribution < -0.4 is 0 Å². The van der Waals surface area contributed by atoms with E-state index in [2.05, 4.69) is 46.4 Å². The summed E-state index contributed by atoms with van der Waals surface area (Å²) in [5.74, 6) is 1.19. The fraction of sp³-hybridized carbons (Fsp3) is 0.867. The molecule has 10 atom stereocenters. The maximum Gasteiger partial charge on any atom is 0.309 e. The topological polar surface area (TPSA) is 90.1 Å². The molecule has 0 radical (unpaired) electrons. The first-order valence-electron chi connectivity index (χ1n) is 14.1. The lowest BCUT2D eigenvalue weighted by Gasteiger charge is -2.72. The number of fused-ring (bicyclic) bond motifs is 7. The number of allylic oxidation sites excluding steroid dienone is 1. The van der Waals surface area contributed by atoms with Gasteiger partial charge in [0, 0.05) is 5.41 Å². The molecule has 5 nitrogen and oxygen atoms in total. The molecule has 0 spiro atoms. The average molecular weight is 486 g/mol. The summed E-state index contributed by atoms with van der Waals surface area (Å²) in [6.45, 7) is 16.1. The molecule has 0 unspecified atom stereocenters. The lowest BCUT2D eigenvalue weighted by atomic mass is 9.32. The van der Waals surface area contributed by atoms with Gasteiger partial charge in [-0.2, -0.15) is 0 Å². The number of nitrogens with zero attached hydrogens (tertiary/aromatic N) is 1. The van der Waals surface area contributed by atoms with Gasteiger partial charge in [-0.1, -0.05) is 45.0 Å². The normalized spacial score (nSPS) is 54.3. The van der Waals surface area contributed by atoms with E-state index < -0.39 is 16.8 Å². The summed E-state index contributed by atoms with van der Waals surface area (Å²) in [4.78, 5) is 12.8. The molecule has 5 aliphatic rings. The van der Waals surface area contributed by atoms with Gasteiger partial charge in [-0.3, -0.25) is 4.79 Å². The van der Waals surface area contributed by atoms with Crippen LogP contribution in [0.1, 0.15) is 98.8 Å². The number of rotatable bonds is 3. The van der Waals surface area contributed by atoms with Gasteiger partial charge in [-0.15, -0.1) is 0 Å². The van der Waals surface area contributed by atoms with Gasteiger partial charge in [-0.05, 0) is 117 Å². The summed E-state index contributed by atoms with van der Waals surface area (Å²) in [7, 11) is 0. The molecular weight excluding hydrogens is 438 g/mol. The van der Waals surface area contributed by atoms with Crippen LogP contribution in [0, 0.1) is 56.7 Å². The van der Waals surface area contributed by atoms with Crippen molar-refractivity contribution in [3.05, 3.63) is 12.2 Å². The molecule has 0 saturated heterocycles. The van der Waals surface area contributed by atoms with E-state index >= 15 is 0 Å². The predicted octanol–water partition coefficient (Wildman–Crippen LogP) is 6.53. The van der Waals surface area contributed by atoms with Crippen LogP contribution in [0.15, 0.2) is 17.3 Å². The monoisotopic (exact) mass is 485 g/mol. The Bertz CT molecular complexity index is 960. The van der Waals surface area contributed by atoms with Crippen LogP contribution in [0.25, 0.3) is 0 Å². The van der Waals surface area contributed by atoms with E-state index in [1.54, 1.807) is 0 Å². The van der Waals surface area contributed by atoms with Crippen molar-refractivity contribution in [1.29, 1.82) is 0 Å². The van der Waals surface area contributed by atoms with Crippen LogP contribution in [0.4, 0.5) is 0 Å². The van der Waals surface area contributed by atoms with Crippen molar-refractivity contribution < 1.29 is 20.2 Å². The number of carbonyl (C=O) groups is 1. The zero-order valence-electron chi connectivity index (χ0n) is 22.6. The van der Waals surface area contributed by atoms with Crippen LogP contribution in [-0.2, 0) is 4.79 Å². The molecule has 0 aromatic rings. The van der Waals surface area contributed by atoms with Crippen molar-refractivity contribution in [2.24, 2.45) is 61.8 Å². The van der Waals surface area contributed by atoms with Gasteiger partial charge in [-0.25, -0.2) is 0 Å². The van der Waals surface area contributed by atoms with Crippen LogP contribution in [0.2, 0.25) is 0 Å². The summed E-state index contributed by atoms with van der Waals surface area (Å²) in [5.41, 5.74) is 1.22. The minimum Gasteiger partial charge on any atom is -0.481 e. The number of aliphatic hydroxyl groups excluding tert-OH is 1. The summed E-state index contributed by atoms with van der Waals surface area (Å²) in [5, 5.41) is 34.5. The summed E-state index contributed by atoms with van der Waals surface area (Å²) >= 11 is 0. The van der Waals surface area contributed by atoms with E-state index in [9.17, 15) is 20.2 Å². The maximum atomic E-state index is 12.8. The van der Waals surface area contributed by atoms with E-state index in [-0.39, 0.29) is 28.8 Å². The molecule has 0 aromatic heterocycles. The Morgan fingerprint density at radius 3 is 2.29 bits per heavy atom. The number of carboxylic acid groups (broad SMARTS) is 1. The molecule has 35 heavy (non-hydrogen) atoms. The van der Waals surface area contributed by atoms with Crippen LogP contribution in [-0.4, -0.2) is 33.7 Å². The highest BCUT2D eigenvalue weighted by atomic mass is 16.4. The third-order valence-electron chi connectivity index (χ3n) is 13.5. The standard InChI is InChI=1S/C30H47NO4/c1-18(2)19-9-14-30(25(33)34)16-15-28(5)20(24(19)30)7-8-22-26(3)12-11-23(31-35)27(4,17-32)21(26)10-13-29(22,28)6/h19-22,24,32,35H,1,7-17H2,2-6H3,(H,33,34)/b31-23-/t19-,20+,21+,22+,24+,26-,27+,28+,29+,30-/m0/s1. The number of carboxylic acids is 1. The van der Waals surface area contributed by atoms with Crippen molar-refractivity contribution >= 4 is 11.7 Å². The lowest BCUT2D eigenvalue weighted by Crippen LogP contribution is -2.67. The smallest absolute Gasteiger partial charge is 0.309 e. The molecule has 196 valence electrons. The number of aliphatic carboxylic acids is 1. The van der Waals surface area contributed by atoms with Gasteiger partial charge in [0.25, 0.3) is 0 Å². The number of oxime groups is 1. The zero-order valence-corrected chi connectivity index (χ0v) is 22.6. The van der Waals surface area contributed by atoms with Crippen LogP contribution in [0.5, 0.6) is 0 Å². The van der Waals surface area contributed by atoms with E-state index in [1.807, 2.05) is 0 Å². The second kappa shape index (κ2) is 7.82. The van der Waals surface area contributed by atoms with Crippen molar-refractivity contribution in [1.82, 2.24) is 0 Å². The van der Waals surface area contributed by atoms with Gasteiger partial charge < -0.3 is 15.4 Å². The number of hydrogen-bond donors (Lipinski definition) is 3. The maximum absolute atomic E-state index is 12.8. The van der Waals surface area contributed by atoms with Crippen LogP contribution in [0.3, 0.4) is 0 Å². The van der Waals surface area contributed by atoms with Crippen LogP contribution >= 0.6 is 0 Å². The molecule has 0 aromatic carbocycles.